The van der Waals surface area contributed by atoms with Crippen LogP contribution in [0.1, 0.15) is 18.1 Å². The fourth-order valence-corrected chi connectivity index (χ4v) is 2.54. The summed E-state index contributed by atoms with van der Waals surface area (Å²) in [5, 5.41) is 0.915. The molecule has 2 aromatic carbocycles. The Hall–Kier alpha value is -3.28. The number of amides is 2. The maximum absolute atomic E-state index is 12.1. The van der Waals surface area contributed by atoms with Gasteiger partial charge in [-0.25, -0.2) is 0 Å². The standard InChI is InChI=1S/C20H20N2O4/c1-2-14-8-9-18-17(10-14)15(12-26-18)11-19(23)21-22-20(24)13-25-16-6-4-3-5-7-16/h3-10,12H,2,11,13H2,1H3,(H,21,23)(H,22,24). The third-order valence-corrected chi connectivity index (χ3v) is 3.93. The first kappa shape index (κ1) is 17.5. The zero-order chi connectivity index (χ0) is 18.4. The number of para-hydroxylation sites is 1. The van der Waals surface area contributed by atoms with Crippen LogP contribution in [0.4, 0.5) is 0 Å². The smallest absolute Gasteiger partial charge is 0.276 e. The lowest BCUT2D eigenvalue weighted by atomic mass is 10.1. The number of hydrazine groups is 1. The molecule has 0 atom stereocenters. The van der Waals surface area contributed by atoms with E-state index < -0.39 is 5.91 Å². The Kier molecular flexibility index (Phi) is 5.53. The summed E-state index contributed by atoms with van der Waals surface area (Å²) >= 11 is 0. The number of hydrogen-bond donors (Lipinski definition) is 2. The highest BCUT2D eigenvalue weighted by Crippen LogP contribution is 2.23. The van der Waals surface area contributed by atoms with Gasteiger partial charge in [-0.05, 0) is 36.2 Å². The molecule has 134 valence electrons. The fourth-order valence-electron chi connectivity index (χ4n) is 2.54. The van der Waals surface area contributed by atoms with Gasteiger partial charge in [-0.15, -0.1) is 0 Å². The summed E-state index contributed by atoms with van der Waals surface area (Å²) in [6, 6.07) is 14.9. The van der Waals surface area contributed by atoms with Crippen molar-refractivity contribution in [3.05, 3.63) is 65.9 Å². The van der Waals surface area contributed by atoms with Crippen molar-refractivity contribution in [3.8, 4) is 5.75 Å². The van der Waals surface area contributed by atoms with Gasteiger partial charge in [0, 0.05) is 10.9 Å². The van der Waals surface area contributed by atoms with Gasteiger partial charge in [-0.2, -0.15) is 0 Å². The second kappa shape index (κ2) is 8.20. The fraction of sp³-hybridized carbons (Fsp3) is 0.200. The van der Waals surface area contributed by atoms with Crippen LogP contribution < -0.4 is 15.6 Å². The Morgan fingerprint density at radius 1 is 1.04 bits per heavy atom. The Balaban J connectivity index is 1.50. The molecule has 0 spiro atoms. The van der Waals surface area contributed by atoms with E-state index >= 15 is 0 Å². The van der Waals surface area contributed by atoms with Gasteiger partial charge in [0.1, 0.15) is 11.3 Å². The van der Waals surface area contributed by atoms with E-state index in [0.717, 1.165) is 23.0 Å². The topological polar surface area (TPSA) is 80.6 Å². The molecule has 0 unspecified atom stereocenters. The first-order valence-corrected chi connectivity index (χ1v) is 8.40. The van der Waals surface area contributed by atoms with E-state index in [-0.39, 0.29) is 18.9 Å². The number of nitrogens with one attached hydrogen (secondary N) is 2. The van der Waals surface area contributed by atoms with E-state index in [1.807, 2.05) is 36.4 Å². The maximum Gasteiger partial charge on any atom is 0.276 e. The predicted molar refractivity (Wildman–Crippen MR) is 97.5 cm³/mol. The van der Waals surface area contributed by atoms with Gasteiger partial charge < -0.3 is 9.15 Å². The van der Waals surface area contributed by atoms with Crippen LogP contribution in [0.25, 0.3) is 11.0 Å². The van der Waals surface area contributed by atoms with Gasteiger partial charge >= 0.3 is 0 Å². The van der Waals surface area contributed by atoms with Gasteiger partial charge in [0.2, 0.25) is 5.91 Å². The minimum absolute atomic E-state index is 0.111. The summed E-state index contributed by atoms with van der Waals surface area (Å²) < 4.78 is 10.8. The number of ether oxygens (including phenoxy) is 1. The Labute approximate surface area is 151 Å². The zero-order valence-corrected chi connectivity index (χ0v) is 14.5. The molecule has 0 saturated carbocycles. The van der Waals surface area contributed by atoms with E-state index in [0.29, 0.717) is 5.75 Å². The van der Waals surface area contributed by atoms with Gasteiger partial charge in [0.15, 0.2) is 6.61 Å². The minimum atomic E-state index is -0.437. The molecule has 3 rings (SSSR count). The summed E-state index contributed by atoms with van der Waals surface area (Å²) in [5.74, 6) is -0.180. The molecule has 2 amide bonds. The average Bonchev–Trinajstić information content (AvgIpc) is 3.07. The van der Waals surface area contributed by atoms with Crippen molar-refractivity contribution in [1.82, 2.24) is 10.9 Å². The number of fused-ring (bicyclic) bond motifs is 1. The molecule has 0 aliphatic heterocycles. The van der Waals surface area contributed by atoms with Crippen molar-refractivity contribution in [1.29, 1.82) is 0 Å². The predicted octanol–water partition coefficient (Wildman–Crippen LogP) is 2.76. The van der Waals surface area contributed by atoms with Gasteiger partial charge in [-0.1, -0.05) is 31.2 Å². The molecule has 1 aromatic heterocycles. The van der Waals surface area contributed by atoms with Crippen LogP contribution in [0.15, 0.2) is 59.2 Å². The number of carbonyl (C=O) groups excluding carboxylic acids is 2. The van der Waals surface area contributed by atoms with Gasteiger partial charge in [0.05, 0.1) is 12.7 Å². The molecule has 2 N–H and O–H groups in total. The third kappa shape index (κ3) is 4.42. The minimum Gasteiger partial charge on any atom is -0.484 e. The van der Waals surface area contributed by atoms with Crippen molar-refractivity contribution >= 4 is 22.8 Å². The van der Waals surface area contributed by atoms with Crippen LogP contribution in [0.2, 0.25) is 0 Å². The van der Waals surface area contributed by atoms with Crippen LogP contribution in [-0.4, -0.2) is 18.4 Å². The molecule has 0 fully saturated rings. The maximum atomic E-state index is 12.1. The second-order valence-corrected chi connectivity index (χ2v) is 5.82. The number of benzene rings is 2. The van der Waals surface area contributed by atoms with Crippen molar-refractivity contribution in [2.24, 2.45) is 0 Å². The molecule has 6 nitrogen and oxygen atoms in total. The number of hydrogen-bond acceptors (Lipinski definition) is 4. The molecular weight excluding hydrogens is 332 g/mol. The van der Waals surface area contributed by atoms with Gasteiger partial charge in [0.25, 0.3) is 5.91 Å². The van der Waals surface area contributed by atoms with Crippen LogP contribution in [0.3, 0.4) is 0 Å². The molecule has 1 heterocycles. The molecule has 0 aliphatic carbocycles. The highest BCUT2D eigenvalue weighted by atomic mass is 16.5. The van der Waals surface area contributed by atoms with Crippen molar-refractivity contribution < 1.29 is 18.7 Å². The Morgan fingerprint density at radius 2 is 1.81 bits per heavy atom. The van der Waals surface area contributed by atoms with E-state index in [2.05, 4.69) is 17.8 Å². The number of rotatable bonds is 6. The van der Waals surface area contributed by atoms with Crippen LogP contribution in [0, 0.1) is 0 Å². The molecule has 0 saturated heterocycles. The summed E-state index contributed by atoms with van der Waals surface area (Å²) in [7, 11) is 0. The van der Waals surface area contributed by atoms with Crippen LogP contribution in [-0.2, 0) is 22.4 Å². The highest BCUT2D eigenvalue weighted by molar-refractivity contribution is 5.89. The van der Waals surface area contributed by atoms with Crippen LogP contribution >= 0.6 is 0 Å². The molecule has 0 aliphatic rings. The van der Waals surface area contributed by atoms with Crippen LogP contribution in [0.5, 0.6) is 5.75 Å². The zero-order valence-electron chi connectivity index (χ0n) is 14.5. The summed E-state index contributed by atoms with van der Waals surface area (Å²) in [6.07, 6.45) is 2.59. The van der Waals surface area contributed by atoms with Gasteiger partial charge in [-0.3, -0.25) is 20.4 Å². The van der Waals surface area contributed by atoms with E-state index in [4.69, 9.17) is 9.15 Å². The number of furan rings is 1. The van der Waals surface area contributed by atoms with Crippen molar-refractivity contribution in [3.63, 3.8) is 0 Å². The SMILES string of the molecule is CCc1ccc2occ(CC(=O)NNC(=O)COc3ccccc3)c2c1. The van der Waals surface area contributed by atoms with E-state index in [9.17, 15) is 9.59 Å². The summed E-state index contributed by atoms with van der Waals surface area (Å²) in [5.41, 5.74) is 7.43. The van der Waals surface area contributed by atoms with E-state index in [1.54, 1.807) is 18.4 Å². The van der Waals surface area contributed by atoms with Crippen molar-refractivity contribution in [2.45, 2.75) is 19.8 Å². The quantitative estimate of drug-likeness (QED) is 0.669. The lowest BCUT2D eigenvalue weighted by Gasteiger charge is -2.08. The highest BCUT2D eigenvalue weighted by Gasteiger charge is 2.12. The largest absolute Gasteiger partial charge is 0.484 e. The molecule has 26 heavy (non-hydrogen) atoms. The number of aryl methyl sites for hydroxylation is 1. The number of carbonyl (C=O) groups is 2. The Morgan fingerprint density at radius 3 is 2.58 bits per heavy atom. The molecule has 0 radical (unpaired) electrons. The summed E-state index contributed by atoms with van der Waals surface area (Å²) in [4.78, 5) is 23.8. The average molecular weight is 352 g/mol. The molecule has 3 aromatic rings. The first-order valence-electron chi connectivity index (χ1n) is 8.40. The van der Waals surface area contributed by atoms with Crippen molar-refractivity contribution in [2.75, 3.05) is 6.61 Å². The normalized spacial score (nSPS) is 10.5. The second-order valence-electron chi connectivity index (χ2n) is 5.82. The molecule has 0 bridgehead atoms. The lowest BCUT2D eigenvalue weighted by Crippen LogP contribution is -2.44. The first-order chi connectivity index (χ1) is 12.7. The van der Waals surface area contributed by atoms with E-state index in [1.165, 1.54) is 5.56 Å². The summed E-state index contributed by atoms with van der Waals surface area (Å²) in [6.45, 7) is 1.89. The lowest BCUT2D eigenvalue weighted by molar-refractivity contribution is -0.129. The molecule has 6 heteroatoms. The molecular formula is C20H20N2O4. The third-order valence-electron chi connectivity index (χ3n) is 3.93. The Bertz CT molecular complexity index is 903. The monoisotopic (exact) mass is 352 g/mol.